The zero-order valence-electron chi connectivity index (χ0n) is 9.83. The van der Waals surface area contributed by atoms with Gasteiger partial charge < -0.3 is 0 Å². The highest BCUT2D eigenvalue weighted by Crippen LogP contribution is 2.19. The van der Waals surface area contributed by atoms with Gasteiger partial charge in [0.15, 0.2) is 11.9 Å². The number of carbonyl (C=O) groups excluding carboxylic acids is 1. The summed E-state index contributed by atoms with van der Waals surface area (Å²) in [6.45, 7) is 2.82. The first-order valence-corrected chi connectivity index (χ1v) is 6.45. The fourth-order valence-electron chi connectivity index (χ4n) is 1.87. The Bertz CT molecular complexity index is 714. The van der Waals surface area contributed by atoms with E-state index in [0.29, 0.717) is 5.56 Å². The van der Waals surface area contributed by atoms with E-state index in [1.165, 1.54) is 10.4 Å². The highest BCUT2D eigenvalue weighted by molar-refractivity contribution is 7.10. The van der Waals surface area contributed by atoms with Crippen LogP contribution in [-0.2, 0) is 6.54 Å². The SMILES string of the molecule is Cc1ccsc1Cn1ncc2cc(C=O)cnc21. The van der Waals surface area contributed by atoms with Crippen LogP contribution in [0.15, 0.2) is 29.9 Å². The lowest BCUT2D eigenvalue weighted by atomic mass is 10.2. The molecule has 0 saturated carbocycles. The van der Waals surface area contributed by atoms with Crippen molar-refractivity contribution in [1.29, 1.82) is 0 Å². The second-order valence-corrected chi connectivity index (χ2v) is 5.13. The number of nitrogens with zero attached hydrogens (tertiary/aromatic N) is 3. The van der Waals surface area contributed by atoms with Gasteiger partial charge in [-0.3, -0.25) is 4.79 Å². The van der Waals surface area contributed by atoms with Gasteiger partial charge in [0, 0.05) is 22.0 Å². The van der Waals surface area contributed by atoms with Gasteiger partial charge in [0.1, 0.15) is 0 Å². The van der Waals surface area contributed by atoms with Crippen LogP contribution in [0.3, 0.4) is 0 Å². The second-order valence-electron chi connectivity index (χ2n) is 4.13. The molecule has 0 bridgehead atoms. The molecule has 0 radical (unpaired) electrons. The number of fused-ring (bicyclic) bond motifs is 1. The van der Waals surface area contributed by atoms with Crippen LogP contribution in [0.1, 0.15) is 20.8 Å². The second kappa shape index (κ2) is 4.34. The molecule has 0 aliphatic carbocycles. The van der Waals surface area contributed by atoms with Gasteiger partial charge in [0.05, 0.1) is 12.7 Å². The van der Waals surface area contributed by atoms with Crippen molar-refractivity contribution in [3.63, 3.8) is 0 Å². The number of aromatic nitrogens is 3. The van der Waals surface area contributed by atoms with Crippen LogP contribution in [-0.4, -0.2) is 21.1 Å². The highest BCUT2D eigenvalue weighted by Gasteiger charge is 2.07. The van der Waals surface area contributed by atoms with Crippen molar-refractivity contribution in [3.05, 3.63) is 45.9 Å². The van der Waals surface area contributed by atoms with Crippen LogP contribution in [0.4, 0.5) is 0 Å². The summed E-state index contributed by atoms with van der Waals surface area (Å²) >= 11 is 1.72. The fraction of sp³-hybridized carbons (Fsp3) is 0.154. The molecule has 0 fully saturated rings. The molecule has 0 saturated heterocycles. The van der Waals surface area contributed by atoms with Crippen molar-refractivity contribution >= 4 is 28.7 Å². The lowest BCUT2D eigenvalue weighted by molar-refractivity contribution is 0.112. The van der Waals surface area contributed by atoms with Crippen LogP contribution in [0.5, 0.6) is 0 Å². The third-order valence-corrected chi connectivity index (χ3v) is 3.90. The minimum absolute atomic E-state index is 0.578. The van der Waals surface area contributed by atoms with E-state index in [4.69, 9.17) is 0 Å². The Morgan fingerprint density at radius 3 is 3.06 bits per heavy atom. The average molecular weight is 257 g/mol. The first-order valence-electron chi connectivity index (χ1n) is 5.57. The van der Waals surface area contributed by atoms with Crippen molar-refractivity contribution in [3.8, 4) is 0 Å². The molecule has 3 aromatic rings. The summed E-state index contributed by atoms with van der Waals surface area (Å²) in [5.74, 6) is 0. The number of aryl methyl sites for hydroxylation is 1. The van der Waals surface area contributed by atoms with Gasteiger partial charge in [-0.2, -0.15) is 5.10 Å². The largest absolute Gasteiger partial charge is 0.298 e. The molecule has 3 heterocycles. The predicted molar refractivity (Wildman–Crippen MR) is 71.1 cm³/mol. The first-order chi connectivity index (χ1) is 8.78. The third kappa shape index (κ3) is 1.82. The maximum absolute atomic E-state index is 10.7. The van der Waals surface area contributed by atoms with Gasteiger partial charge in [0.2, 0.25) is 0 Å². The molecular formula is C13H11N3OS. The van der Waals surface area contributed by atoms with Gasteiger partial charge in [-0.25, -0.2) is 9.67 Å². The molecule has 3 aromatic heterocycles. The highest BCUT2D eigenvalue weighted by atomic mass is 32.1. The molecule has 0 amide bonds. The van der Waals surface area contributed by atoms with Crippen molar-refractivity contribution in [2.75, 3.05) is 0 Å². The fourth-order valence-corrected chi connectivity index (χ4v) is 2.76. The molecule has 0 aromatic carbocycles. The van der Waals surface area contributed by atoms with E-state index in [-0.39, 0.29) is 0 Å². The average Bonchev–Trinajstić information content (AvgIpc) is 2.97. The van der Waals surface area contributed by atoms with Gasteiger partial charge in [-0.05, 0) is 30.0 Å². The zero-order chi connectivity index (χ0) is 12.5. The maximum atomic E-state index is 10.7. The molecule has 4 nitrogen and oxygen atoms in total. The number of hydrogen-bond donors (Lipinski definition) is 0. The van der Waals surface area contributed by atoms with Crippen LogP contribution >= 0.6 is 11.3 Å². The molecule has 90 valence electrons. The minimum atomic E-state index is 0.578. The van der Waals surface area contributed by atoms with Gasteiger partial charge in [-0.15, -0.1) is 11.3 Å². The zero-order valence-corrected chi connectivity index (χ0v) is 10.6. The maximum Gasteiger partial charge on any atom is 0.158 e. The Hall–Kier alpha value is -2.01. The summed E-state index contributed by atoms with van der Waals surface area (Å²) < 4.78 is 1.86. The Kier molecular flexibility index (Phi) is 2.68. The van der Waals surface area contributed by atoms with E-state index < -0.39 is 0 Å². The Morgan fingerprint density at radius 2 is 2.33 bits per heavy atom. The predicted octanol–water partition coefficient (Wildman–Crippen LogP) is 2.66. The van der Waals surface area contributed by atoms with E-state index in [1.54, 1.807) is 29.8 Å². The van der Waals surface area contributed by atoms with E-state index in [1.807, 2.05) is 4.68 Å². The summed E-state index contributed by atoms with van der Waals surface area (Å²) in [4.78, 5) is 16.3. The van der Waals surface area contributed by atoms with E-state index in [9.17, 15) is 4.79 Å². The Balaban J connectivity index is 2.03. The first kappa shape index (κ1) is 11.1. The Labute approximate surface area is 108 Å². The molecule has 5 heteroatoms. The smallest absolute Gasteiger partial charge is 0.158 e. The molecule has 0 aliphatic heterocycles. The monoisotopic (exact) mass is 257 g/mol. The topological polar surface area (TPSA) is 47.8 Å². The lowest BCUT2D eigenvalue weighted by Crippen LogP contribution is -2.02. The van der Waals surface area contributed by atoms with Gasteiger partial charge in [-0.1, -0.05) is 0 Å². The molecular weight excluding hydrogens is 246 g/mol. The summed E-state index contributed by atoms with van der Waals surface area (Å²) in [5, 5.41) is 7.31. The molecule has 0 atom stereocenters. The molecule has 0 N–H and O–H groups in total. The summed E-state index contributed by atoms with van der Waals surface area (Å²) in [5.41, 5.74) is 2.66. The van der Waals surface area contributed by atoms with Crippen molar-refractivity contribution in [2.24, 2.45) is 0 Å². The third-order valence-electron chi connectivity index (χ3n) is 2.89. The van der Waals surface area contributed by atoms with Crippen molar-refractivity contribution in [1.82, 2.24) is 14.8 Å². The van der Waals surface area contributed by atoms with Crippen LogP contribution < -0.4 is 0 Å². The molecule has 0 aliphatic rings. The van der Waals surface area contributed by atoms with Crippen molar-refractivity contribution < 1.29 is 4.79 Å². The van der Waals surface area contributed by atoms with E-state index in [2.05, 4.69) is 28.5 Å². The van der Waals surface area contributed by atoms with E-state index >= 15 is 0 Å². The van der Waals surface area contributed by atoms with Crippen LogP contribution in [0, 0.1) is 6.92 Å². The number of pyridine rings is 1. The quantitative estimate of drug-likeness (QED) is 0.678. The number of hydrogen-bond acceptors (Lipinski definition) is 4. The molecule has 3 rings (SSSR count). The lowest BCUT2D eigenvalue weighted by Gasteiger charge is -2.02. The summed E-state index contributed by atoms with van der Waals surface area (Å²) in [6.07, 6.45) is 4.13. The number of aldehydes is 1. The minimum Gasteiger partial charge on any atom is -0.298 e. The molecule has 0 unspecified atom stereocenters. The van der Waals surface area contributed by atoms with Gasteiger partial charge in [0.25, 0.3) is 0 Å². The molecule has 18 heavy (non-hydrogen) atoms. The van der Waals surface area contributed by atoms with Gasteiger partial charge >= 0.3 is 0 Å². The normalized spacial score (nSPS) is 10.9. The summed E-state index contributed by atoms with van der Waals surface area (Å²) in [6, 6.07) is 3.91. The standard InChI is InChI=1S/C13H11N3OS/c1-9-2-3-18-12(9)7-16-13-11(6-15-16)4-10(8-17)5-14-13/h2-6,8H,7H2,1H3. The van der Waals surface area contributed by atoms with Crippen LogP contribution in [0.25, 0.3) is 11.0 Å². The van der Waals surface area contributed by atoms with Crippen LogP contribution in [0.2, 0.25) is 0 Å². The van der Waals surface area contributed by atoms with E-state index in [0.717, 1.165) is 23.9 Å². The summed E-state index contributed by atoms with van der Waals surface area (Å²) in [7, 11) is 0. The Morgan fingerprint density at radius 1 is 1.44 bits per heavy atom. The number of thiophene rings is 1. The number of carbonyl (C=O) groups is 1. The van der Waals surface area contributed by atoms with Crippen molar-refractivity contribution in [2.45, 2.75) is 13.5 Å². The number of rotatable bonds is 3. The molecule has 0 spiro atoms.